The Labute approximate surface area is 169 Å². The summed E-state index contributed by atoms with van der Waals surface area (Å²) in [6, 6.07) is 6.77. The first-order valence-corrected chi connectivity index (χ1v) is 9.40. The lowest BCUT2D eigenvalue weighted by atomic mass is 9.87. The molecule has 2 aromatic carbocycles. The third-order valence-electron chi connectivity index (χ3n) is 5.17. The Morgan fingerprint density at radius 2 is 1.59 bits per heavy atom. The molecule has 1 aliphatic rings. The van der Waals surface area contributed by atoms with Gasteiger partial charge in [0.2, 0.25) is 0 Å². The van der Waals surface area contributed by atoms with Crippen LogP contribution in [0.4, 0.5) is 37.7 Å². The van der Waals surface area contributed by atoms with E-state index in [0.29, 0.717) is 54.8 Å². The second kappa shape index (κ2) is 7.97. The smallest absolute Gasteiger partial charge is 0.399 e. The van der Waals surface area contributed by atoms with Crippen molar-refractivity contribution >= 4 is 23.0 Å². The predicted octanol–water partition coefficient (Wildman–Crippen LogP) is 6.42. The minimum absolute atomic E-state index is 0.0535. The second-order valence-electron chi connectivity index (χ2n) is 7.21. The Balaban J connectivity index is 1.75. The average molecular weight is 437 g/mol. The molecule has 158 valence electrons. The van der Waals surface area contributed by atoms with Crippen molar-refractivity contribution in [2.45, 2.75) is 31.6 Å². The van der Waals surface area contributed by atoms with Crippen LogP contribution in [0.3, 0.4) is 0 Å². The van der Waals surface area contributed by atoms with E-state index in [1.165, 1.54) is 0 Å². The Morgan fingerprint density at radius 1 is 0.931 bits per heavy atom. The van der Waals surface area contributed by atoms with Crippen molar-refractivity contribution in [2.75, 3.05) is 23.7 Å². The fourth-order valence-corrected chi connectivity index (χ4v) is 3.99. The SMILES string of the molecule is Nc1ccc(N2CCC(Cc3cc(C(F)(F)F)ccc3C(F)(F)F)CC2)c(Cl)c1. The van der Waals surface area contributed by atoms with E-state index in [0.717, 1.165) is 5.69 Å². The number of benzene rings is 2. The topological polar surface area (TPSA) is 29.3 Å². The Bertz CT molecular complexity index is 870. The van der Waals surface area contributed by atoms with Gasteiger partial charge in [0.1, 0.15) is 0 Å². The van der Waals surface area contributed by atoms with Crippen LogP contribution >= 0.6 is 11.6 Å². The largest absolute Gasteiger partial charge is 0.416 e. The number of nitrogens with zero attached hydrogens (tertiary/aromatic N) is 1. The second-order valence-corrected chi connectivity index (χ2v) is 7.62. The number of nitrogen functional groups attached to an aromatic ring is 1. The molecule has 0 aromatic heterocycles. The van der Waals surface area contributed by atoms with Crippen LogP contribution < -0.4 is 10.6 Å². The third-order valence-corrected chi connectivity index (χ3v) is 5.48. The van der Waals surface area contributed by atoms with Gasteiger partial charge in [0.15, 0.2) is 0 Å². The molecule has 1 heterocycles. The number of rotatable bonds is 3. The van der Waals surface area contributed by atoms with E-state index in [1.54, 1.807) is 18.2 Å². The van der Waals surface area contributed by atoms with Crippen LogP contribution in [-0.2, 0) is 18.8 Å². The van der Waals surface area contributed by atoms with Crippen molar-refractivity contribution in [1.82, 2.24) is 0 Å². The van der Waals surface area contributed by atoms with E-state index in [4.69, 9.17) is 17.3 Å². The number of piperidine rings is 1. The highest BCUT2D eigenvalue weighted by Gasteiger charge is 2.37. The summed E-state index contributed by atoms with van der Waals surface area (Å²) in [6.07, 6.45) is -8.34. The fourth-order valence-electron chi connectivity index (χ4n) is 3.68. The van der Waals surface area contributed by atoms with Crippen molar-refractivity contribution in [3.05, 3.63) is 58.1 Å². The molecule has 29 heavy (non-hydrogen) atoms. The molecule has 1 aliphatic heterocycles. The molecule has 2 aromatic rings. The minimum Gasteiger partial charge on any atom is -0.399 e. The van der Waals surface area contributed by atoms with Gasteiger partial charge < -0.3 is 10.6 Å². The zero-order valence-corrected chi connectivity index (χ0v) is 16.0. The number of hydrogen-bond donors (Lipinski definition) is 1. The van der Waals surface area contributed by atoms with Crippen LogP contribution in [0.25, 0.3) is 0 Å². The lowest BCUT2D eigenvalue weighted by Gasteiger charge is -2.34. The van der Waals surface area contributed by atoms with Gasteiger partial charge in [-0.3, -0.25) is 0 Å². The highest BCUT2D eigenvalue weighted by Crippen LogP contribution is 2.39. The molecule has 2 N–H and O–H groups in total. The van der Waals surface area contributed by atoms with Crippen molar-refractivity contribution < 1.29 is 26.3 Å². The molecule has 0 bridgehead atoms. The molecule has 0 atom stereocenters. The van der Waals surface area contributed by atoms with Crippen molar-refractivity contribution in [2.24, 2.45) is 5.92 Å². The normalized spacial score (nSPS) is 16.3. The first-order valence-electron chi connectivity index (χ1n) is 9.02. The molecule has 2 nitrogen and oxygen atoms in total. The summed E-state index contributed by atoms with van der Waals surface area (Å²) in [5, 5.41) is 0.487. The molecule has 0 saturated carbocycles. The number of hydrogen-bond acceptors (Lipinski definition) is 2. The van der Waals surface area contributed by atoms with Gasteiger partial charge in [0, 0.05) is 18.8 Å². The molecule has 9 heteroatoms. The average Bonchev–Trinajstić information content (AvgIpc) is 2.61. The standard InChI is InChI=1S/C20H19ClF6N2/c21-17-11-15(28)2-4-18(17)29-7-5-12(6-8-29)9-13-10-14(19(22,23)24)1-3-16(13)20(25,26)27/h1-4,10-12H,5-9,28H2. The summed E-state index contributed by atoms with van der Waals surface area (Å²) in [4.78, 5) is 2.01. The summed E-state index contributed by atoms with van der Waals surface area (Å²) in [5.41, 5.74) is 4.62. The third kappa shape index (κ3) is 5.10. The van der Waals surface area contributed by atoms with Crippen molar-refractivity contribution in [3.8, 4) is 0 Å². The van der Waals surface area contributed by atoms with Gasteiger partial charge >= 0.3 is 12.4 Å². The maximum atomic E-state index is 13.3. The van der Waals surface area contributed by atoms with Gasteiger partial charge in [-0.15, -0.1) is 0 Å². The van der Waals surface area contributed by atoms with E-state index in [9.17, 15) is 26.3 Å². The first kappa shape index (κ1) is 21.6. The molecule has 0 spiro atoms. The zero-order valence-electron chi connectivity index (χ0n) is 15.2. The van der Waals surface area contributed by atoms with Crippen molar-refractivity contribution in [1.29, 1.82) is 0 Å². The van der Waals surface area contributed by atoms with Crippen LogP contribution in [0.1, 0.15) is 29.5 Å². The molecule has 0 amide bonds. The molecule has 0 unspecified atom stereocenters. The van der Waals surface area contributed by atoms with Crippen LogP contribution in [-0.4, -0.2) is 13.1 Å². The number of halogens is 7. The van der Waals surface area contributed by atoms with Crippen LogP contribution in [0, 0.1) is 5.92 Å². The zero-order chi connectivity index (χ0) is 21.4. The van der Waals surface area contributed by atoms with Crippen LogP contribution in [0.15, 0.2) is 36.4 Å². The first-order chi connectivity index (χ1) is 13.4. The van der Waals surface area contributed by atoms with Gasteiger partial charge in [0.05, 0.1) is 21.8 Å². The van der Waals surface area contributed by atoms with Crippen molar-refractivity contribution in [3.63, 3.8) is 0 Å². The Kier molecular flexibility index (Phi) is 5.94. The van der Waals surface area contributed by atoms with Crippen LogP contribution in [0.2, 0.25) is 5.02 Å². The molecule has 0 radical (unpaired) electrons. The highest BCUT2D eigenvalue weighted by molar-refractivity contribution is 6.33. The lowest BCUT2D eigenvalue weighted by Crippen LogP contribution is -2.34. The Hall–Kier alpha value is -2.09. The summed E-state index contributed by atoms with van der Waals surface area (Å²) in [7, 11) is 0. The maximum Gasteiger partial charge on any atom is 0.416 e. The highest BCUT2D eigenvalue weighted by atomic mass is 35.5. The fraction of sp³-hybridized carbons (Fsp3) is 0.400. The van der Waals surface area contributed by atoms with Gasteiger partial charge in [-0.25, -0.2) is 0 Å². The van der Waals surface area contributed by atoms with Crippen LogP contribution in [0.5, 0.6) is 0 Å². The van der Waals surface area contributed by atoms with Gasteiger partial charge in [-0.1, -0.05) is 11.6 Å². The Morgan fingerprint density at radius 3 is 2.14 bits per heavy atom. The maximum absolute atomic E-state index is 13.3. The van der Waals surface area contributed by atoms with Gasteiger partial charge in [0.25, 0.3) is 0 Å². The molecule has 1 fully saturated rings. The molecular weight excluding hydrogens is 418 g/mol. The van der Waals surface area contributed by atoms with Gasteiger partial charge in [-0.05, 0) is 67.1 Å². The molecular formula is C20H19ClF6N2. The lowest BCUT2D eigenvalue weighted by molar-refractivity contribution is -0.141. The monoisotopic (exact) mass is 436 g/mol. The van der Waals surface area contributed by atoms with E-state index in [2.05, 4.69) is 0 Å². The van der Waals surface area contributed by atoms with Gasteiger partial charge in [-0.2, -0.15) is 26.3 Å². The number of nitrogens with two attached hydrogens (primary N) is 1. The van der Waals surface area contributed by atoms with E-state index >= 15 is 0 Å². The predicted molar refractivity (Wildman–Crippen MR) is 101 cm³/mol. The summed E-state index contributed by atoms with van der Waals surface area (Å²) >= 11 is 6.21. The van der Waals surface area contributed by atoms with E-state index in [1.807, 2.05) is 4.90 Å². The summed E-state index contributed by atoms with van der Waals surface area (Å²) in [5.74, 6) is -0.150. The van der Waals surface area contributed by atoms with E-state index < -0.39 is 23.5 Å². The summed E-state index contributed by atoms with van der Waals surface area (Å²) < 4.78 is 78.7. The molecule has 1 saturated heterocycles. The minimum atomic E-state index is -4.70. The number of anilines is 2. The summed E-state index contributed by atoms with van der Waals surface area (Å²) in [6.45, 7) is 1.10. The number of alkyl halides is 6. The van der Waals surface area contributed by atoms with E-state index in [-0.39, 0.29) is 17.9 Å². The quantitative estimate of drug-likeness (QED) is 0.444. The molecule has 0 aliphatic carbocycles. The molecule has 3 rings (SSSR count).